The largest absolute Gasteiger partial charge is 0.484 e. The van der Waals surface area contributed by atoms with E-state index in [1.807, 2.05) is 53.4 Å². The van der Waals surface area contributed by atoms with Crippen molar-refractivity contribution in [1.82, 2.24) is 9.80 Å². The third kappa shape index (κ3) is 6.09. The molecule has 0 spiro atoms. The highest BCUT2D eigenvalue weighted by Crippen LogP contribution is 2.24. The zero-order valence-corrected chi connectivity index (χ0v) is 21.2. The standard InChI is InChI=1S/C31H32FN3O2/c1-22-19-35(23(2)18-34(22)20-24-7-10-27(32)11-8-24)31(36)21-37-30-15-13-28(14-16-30)33-29-12-9-25-5-3-4-6-26(25)17-29/h3-17,22-23,33H,18-21H2,1-2H3/t22-,23+/m1/s1. The zero-order valence-electron chi connectivity index (χ0n) is 21.2. The number of anilines is 2. The summed E-state index contributed by atoms with van der Waals surface area (Å²) in [6, 6.07) is 29.1. The van der Waals surface area contributed by atoms with E-state index in [9.17, 15) is 9.18 Å². The van der Waals surface area contributed by atoms with Crippen molar-refractivity contribution in [3.63, 3.8) is 0 Å². The van der Waals surface area contributed by atoms with Gasteiger partial charge in [0.15, 0.2) is 6.61 Å². The maximum atomic E-state index is 13.2. The molecule has 6 heteroatoms. The first-order chi connectivity index (χ1) is 17.9. The van der Waals surface area contributed by atoms with Crippen LogP contribution in [0.3, 0.4) is 0 Å². The van der Waals surface area contributed by atoms with Gasteiger partial charge in [-0.15, -0.1) is 0 Å². The van der Waals surface area contributed by atoms with E-state index in [1.165, 1.54) is 22.9 Å². The molecule has 1 aliphatic heterocycles. The summed E-state index contributed by atoms with van der Waals surface area (Å²) >= 11 is 0. The topological polar surface area (TPSA) is 44.8 Å². The van der Waals surface area contributed by atoms with Crippen LogP contribution in [0.25, 0.3) is 10.8 Å². The molecule has 0 bridgehead atoms. The molecule has 0 aliphatic carbocycles. The number of amides is 1. The smallest absolute Gasteiger partial charge is 0.260 e. The fourth-order valence-corrected chi connectivity index (χ4v) is 4.89. The lowest BCUT2D eigenvalue weighted by molar-refractivity contribution is -0.139. The van der Waals surface area contributed by atoms with E-state index in [4.69, 9.17) is 4.74 Å². The third-order valence-electron chi connectivity index (χ3n) is 6.99. The van der Waals surface area contributed by atoms with Crippen molar-refractivity contribution in [3.8, 4) is 5.75 Å². The molecule has 1 N–H and O–H groups in total. The summed E-state index contributed by atoms with van der Waals surface area (Å²) in [5.41, 5.74) is 3.04. The van der Waals surface area contributed by atoms with E-state index < -0.39 is 0 Å². The van der Waals surface area contributed by atoms with Crippen LogP contribution in [-0.4, -0.2) is 47.5 Å². The summed E-state index contributed by atoms with van der Waals surface area (Å²) in [5.74, 6) is 0.420. The minimum atomic E-state index is -0.226. The number of ether oxygens (including phenoxy) is 1. The van der Waals surface area contributed by atoms with Crippen LogP contribution in [0.15, 0.2) is 91.0 Å². The molecule has 37 heavy (non-hydrogen) atoms. The van der Waals surface area contributed by atoms with Crippen LogP contribution >= 0.6 is 0 Å². The van der Waals surface area contributed by atoms with Gasteiger partial charge in [0.1, 0.15) is 11.6 Å². The van der Waals surface area contributed by atoms with Crippen LogP contribution in [0.4, 0.5) is 15.8 Å². The second-order valence-corrected chi connectivity index (χ2v) is 9.80. The molecule has 0 saturated carbocycles. The van der Waals surface area contributed by atoms with Crippen LogP contribution < -0.4 is 10.1 Å². The van der Waals surface area contributed by atoms with Gasteiger partial charge < -0.3 is 15.0 Å². The number of halogens is 1. The first kappa shape index (κ1) is 24.8. The molecule has 0 aromatic heterocycles. The van der Waals surface area contributed by atoms with Gasteiger partial charge in [0.2, 0.25) is 0 Å². The number of hydrogen-bond acceptors (Lipinski definition) is 4. The highest BCUT2D eigenvalue weighted by atomic mass is 19.1. The van der Waals surface area contributed by atoms with Gasteiger partial charge >= 0.3 is 0 Å². The molecule has 0 unspecified atom stereocenters. The van der Waals surface area contributed by atoms with E-state index in [0.29, 0.717) is 12.3 Å². The van der Waals surface area contributed by atoms with Crippen molar-refractivity contribution in [1.29, 1.82) is 0 Å². The van der Waals surface area contributed by atoms with E-state index in [1.54, 1.807) is 0 Å². The molecule has 1 amide bonds. The van der Waals surface area contributed by atoms with Gasteiger partial charge in [-0.05, 0) is 78.7 Å². The van der Waals surface area contributed by atoms with Crippen molar-refractivity contribution in [3.05, 3.63) is 102 Å². The second kappa shape index (κ2) is 11.0. The van der Waals surface area contributed by atoms with E-state index in [0.717, 1.165) is 30.0 Å². The maximum Gasteiger partial charge on any atom is 0.260 e. The summed E-state index contributed by atoms with van der Waals surface area (Å²) in [5, 5.41) is 5.81. The van der Waals surface area contributed by atoms with Gasteiger partial charge in [-0.3, -0.25) is 9.69 Å². The van der Waals surface area contributed by atoms with Gasteiger partial charge in [0, 0.05) is 43.1 Å². The van der Waals surface area contributed by atoms with Gasteiger partial charge in [-0.1, -0.05) is 42.5 Å². The first-order valence-corrected chi connectivity index (χ1v) is 12.7. The number of carbonyl (C=O) groups is 1. The average molecular weight is 498 g/mol. The predicted molar refractivity (Wildman–Crippen MR) is 147 cm³/mol. The van der Waals surface area contributed by atoms with Crippen LogP contribution in [0.1, 0.15) is 19.4 Å². The van der Waals surface area contributed by atoms with Crippen LogP contribution in [0, 0.1) is 5.82 Å². The maximum absolute atomic E-state index is 13.2. The van der Waals surface area contributed by atoms with E-state index in [-0.39, 0.29) is 30.4 Å². The summed E-state index contributed by atoms with van der Waals surface area (Å²) in [7, 11) is 0. The Balaban J connectivity index is 1.12. The SMILES string of the molecule is C[C@@H]1CN(C(=O)COc2ccc(Nc3ccc4ccccc4c3)cc2)[C@@H](C)CN1Cc1ccc(F)cc1. The van der Waals surface area contributed by atoms with Crippen molar-refractivity contribution in [2.75, 3.05) is 25.0 Å². The molecule has 0 radical (unpaired) electrons. The number of nitrogens with one attached hydrogen (secondary N) is 1. The van der Waals surface area contributed by atoms with Crippen LogP contribution in [0.5, 0.6) is 5.75 Å². The highest BCUT2D eigenvalue weighted by Gasteiger charge is 2.32. The lowest BCUT2D eigenvalue weighted by Gasteiger charge is -2.44. The Morgan fingerprint density at radius 2 is 1.57 bits per heavy atom. The van der Waals surface area contributed by atoms with Crippen molar-refractivity contribution >= 4 is 28.1 Å². The van der Waals surface area contributed by atoms with Gasteiger partial charge in [0.05, 0.1) is 0 Å². The minimum Gasteiger partial charge on any atom is -0.484 e. The molecule has 4 aromatic carbocycles. The molecular formula is C31H32FN3O2. The number of carbonyl (C=O) groups excluding carboxylic acids is 1. The van der Waals surface area contributed by atoms with E-state index >= 15 is 0 Å². The lowest BCUT2D eigenvalue weighted by Crippen LogP contribution is -2.58. The molecular weight excluding hydrogens is 465 g/mol. The van der Waals surface area contributed by atoms with Crippen molar-refractivity contribution < 1.29 is 13.9 Å². The highest BCUT2D eigenvalue weighted by molar-refractivity contribution is 5.86. The van der Waals surface area contributed by atoms with Crippen LogP contribution in [0.2, 0.25) is 0 Å². The third-order valence-corrected chi connectivity index (χ3v) is 6.99. The Hall–Kier alpha value is -3.90. The Morgan fingerprint density at radius 3 is 2.32 bits per heavy atom. The molecule has 1 saturated heterocycles. The fraction of sp³-hybridized carbons (Fsp3) is 0.258. The van der Waals surface area contributed by atoms with E-state index in [2.05, 4.69) is 54.4 Å². The minimum absolute atomic E-state index is 0.00642. The summed E-state index contributed by atoms with van der Waals surface area (Å²) < 4.78 is 19.1. The number of nitrogens with zero attached hydrogens (tertiary/aromatic N) is 2. The molecule has 1 fully saturated rings. The summed E-state index contributed by atoms with van der Waals surface area (Å²) in [6.45, 7) is 6.33. The number of fused-ring (bicyclic) bond motifs is 1. The molecule has 4 aromatic rings. The molecule has 1 aliphatic rings. The Kier molecular flexibility index (Phi) is 7.37. The van der Waals surface area contributed by atoms with Gasteiger partial charge in [0.25, 0.3) is 5.91 Å². The lowest BCUT2D eigenvalue weighted by atomic mass is 10.1. The normalized spacial score (nSPS) is 18.1. The molecule has 1 heterocycles. The fourth-order valence-electron chi connectivity index (χ4n) is 4.89. The molecule has 5 nitrogen and oxygen atoms in total. The molecule has 190 valence electrons. The quantitative estimate of drug-likeness (QED) is 0.329. The Morgan fingerprint density at radius 1 is 0.865 bits per heavy atom. The second-order valence-electron chi connectivity index (χ2n) is 9.80. The predicted octanol–water partition coefficient (Wildman–Crippen LogP) is 6.22. The first-order valence-electron chi connectivity index (χ1n) is 12.7. The Bertz CT molecular complexity index is 1360. The number of rotatable bonds is 7. The monoisotopic (exact) mass is 497 g/mol. The number of benzene rings is 4. The van der Waals surface area contributed by atoms with Gasteiger partial charge in [-0.25, -0.2) is 4.39 Å². The van der Waals surface area contributed by atoms with Crippen molar-refractivity contribution in [2.24, 2.45) is 0 Å². The van der Waals surface area contributed by atoms with Crippen LogP contribution in [-0.2, 0) is 11.3 Å². The summed E-state index contributed by atoms with van der Waals surface area (Å²) in [6.07, 6.45) is 0. The van der Waals surface area contributed by atoms with Gasteiger partial charge in [-0.2, -0.15) is 0 Å². The zero-order chi connectivity index (χ0) is 25.8. The average Bonchev–Trinajstić information content (AvgIpc) is 2.91. The Labute approximate surface area is 217 Å². The molecule has 2 atom stereocenters. The number of hydrogen-bond donors (Lipinski definition) is 1. The summed E-state index contributed by atoms with van der Waals surface area (Å²) in [4.78, 5) is 17.2. The molecule has 5 rings (SSSR count). The number of piperazine rings is 1. The van der Waals surface area contributed by atoms with Crippen molar-refractivity contribution in [2.45, 2.75) is 32.5 Å².